The lowest BCUT2D eigenvalue weighted by Crippen LogP contribution is -2.57. The molecule has 0 aliphatic carbocycles. The van der Waals surface area contributed by atoms with Crippen molar-refractivity contribution in [1.82, 2.24) is 4.90 Å². The van der Waals surface area contributed by atoms with E-state index in [4.69, 9.17) is 17.3 Å². The maximum absolute atomic E-state index is 15.0. The molecule has 4 amide bonds. The number of hydrogen-bond acceptors (Lipinski definition) is 6. The molecule has 2 heterocycles. The molecule has 250 valence electrons. The highest BCUT2D eigenvalue weighted by molar-refractivity contribution is 6.31. The van der Waals surface area contributed by atoms with Crippen LogP contribution < -0.4 is 21.3 Å². The number of fused-ring (bicyclic) bond motifs is 1. The zero-order valence-corrected chi connectivity index (χ0v) is 26.2. The van der Waals surface area contributed by atoms with Crippen molar-refractivity contribution in [1.29, 1.82) is 0 Å². The van der Waals surface area contributed by atoms with Gasteiger partial charge in [-0.25, -0.2) is 9.18 Å². The van der Waals surface area contributed by atoms with E-state index in [9.17, 15) is 32.3 Å². The van der Waals surface area contributed by atoms with Gasteiger partial charge in [0, 0.05) is 17.2 Å². The Bertz CT molecular complexity index is 1680. The van der Waals surface area contributed by atoms with Crippen LogP contribution >= 0.6 is 11.6 Å². The predicted molar refractivity (Wildman–Crippen MR) is 169 cm³/mol. The standard InChI is InChI=1S/C32H32ClF4N5O5/c1-17-5-4-6-25(41-15-27(44)42(16-26(41)43)29-22(32(35,36)37)9-10-23(33)28(29)34)18(2)13-19(11-12-38)21-8-7-20(39-31(46)47-3)14-24(21)40-30(17)45/h7-14,17,25H,2,4-6,15-16,38H2,1,3H3,(H,39,46)(H,40,45)/b12-11-,19-13+/t17-,25?/m1/s1. The molecule has 0 spiro atoms. The van der Waals surface area contributed by atoms with Crippen molar-refractivity contribution in [3.05, 3.63) is 82.8 Å². The number of hydrogen-bond donors (Lipinski definition) is 3. The lowest BCUT2D eigenvalue weighted by Gasteiger charge is -2.40. The molecule has 15 heteroatoms. The first-order chi connectivity index (χ1) is 22.2. The first kappa shape index (κ1) is 35.0. The number of piperazine rings is 1. The molecule has 10 nitrogen and oxygen atoms in total. The van der Waals surface area contributed by atoms with Crippen LogP contribution in [0.15, 0.2) is 60.8 Å². The van der Waals surface area contributed by atoms with E-state index in [-0.39, 0.29) is 12.3 Å². The highest BCUT2D eigenvalue weighted by Gasteiger charge is 2.42. The lowest BCUT2D eigenvalue weighted by molar-refractivity contribution is -0.141. The van der Waals surface area contributed by atoms with Gasteiger partial charge < -0.3 is 20.7 Å². The van der Waals surface area contributed by atoms with Gasteiger partial charge in [-0.2, -0.15) is 13.2 Å². The number of anilines is 3. The van der Waals surface area contributed by atoms with Crippen molar-refractivity contribution < 1.29 is 41.5 Å². The summed E-state index contributed by atoms with van der Waals surface area (Å²) < 4.78 is 61.1. The Morgan fingerprint density at radius 1 is 1.15 bits per heavy atom. The van der Waals surface area contributed by atoms with Gasteiger partial charge in [-0.15, -0.1) is 0 Å². The predicted octanol–water partition coefficient (Wildman–Crippen LogP) is 6.09. The molecule has 1 unspecified atom stereocenters. The third-order valence-corrected chi connectivity index (χ3v) is 8.16. The Kier molecular flexibility index (Phi) is 10.6. The van der Waals surface area contributed by atoms with E-state index >= 15 is 4.39 Å². The molecule has 2 aromatic rings. The third-order valence-electron chi connectivity index (χ3n) is 7.87. The van der Waals surface area contributed by atoms with E-state index in [1.54, 1.807) is 25.1 Å². The maximum Gasteiger partial charge on any atom is 0.418 e. The zero-order chi connectivity index (χ0) is 34.6. The van der Waals surface area contributed by atoms with Crippen LogP contribution in [0.1, 0.15) is 37.3 Å². The number of rotatable bonds is 4. The summed E-state index contributed by atoms with van der Waals surface area (Å²) in [5, 5.41) is 4.78. The van der Waals surface area contributed by atoms with Crippen molar-refractivity contribution in [2.45, 2.75) is 38.4 Å². The molecule has 47 heavy (non-hydrogen) atoms. The van der Waals surface area contributed by atoms with Crippen molar-refractivity contribution >= 4 is 58.1 Å². The van der Waals surface area contributed by atoms with Crippen molar-refractivity contribution in [2.75, 3.05) is 35.7 Å². The molecular formula is C32H32ClF4N5O5. The second-order valence-corrected chi connectivity index (χ2v) is 11.4. The fourth-order valence-corrected chi connectivity index (χ4v) is 5.61. The second-order valence-electron chi connectivity index (χ2n) is 11.0. The highest BCUT2D eigenvalue weighted by Crippen LogP contribution is 2.41. The number of alkyl halides is 3. The number of carbonyl (C=O) groups is 4. The van der Waals surface area contributed by atoms with Gasteiger partial charge in [-0.05, 0) is 66.6 Å². The van der Waals surface area contributed by atoms with Crippen LogP contribution in [-0.2, 0) is 25.3 Å². The quantitative estimate of drug-likeness (QED) is 0.336. The molecule has 0 saturated carbocycles. The van der Waals surface area contributed by atoms with E-state index < -0.39 is 71.2 Å². The molecule has 4 rings (SSSR count). The van der Waals surface area contributed by atoms with Crippen LogP contribution in [-0.4, -0.2) is 55.0 Å². The average Bonchev–Trinajstić information content (AvgIpc) is 3.00. The van der Waals surface area contributed by atoms with Gasteiger partial charge in [0.2, 0.25) is 17.7 Å². The number of nitrogens with one attached hydrogen (secondary N) is 2. The molecule has 1 saturated heterocycles. The van der Waals surface area contributed by atoms with E-state index in [1.165, 1.54) is 30.4 Å². The van der Waals surface area contributed by atoms with Crippen LogP contribution in [0, 0.1) is 11.7 Å². The van der Waals surface area contributed by atoms with E-state index in [1.807, 2.05) is 0 Å². The second kappa shape index (κ2) is 14.3. The normalized spacial score (nSPS) is 21.0. The van der Waals surface area contributed by atoms with Crippen LogP contribution in [0.4, 0.5) is 39.4 Å². The summed E-state index contributed by atoms with van der Waals surface area (Å²) in [7, 11) is 1.20. The van der Waals surface area contributed by atoms with Crippen molar-refractivity contribution in [3.63, 3.8) is 0 Å². The lowest BCUT2D eigenvalue weighted by atomic mass is 9.91. The number of nitrogens with zero attached hydrogens (tertiary/aromatic N) is 2. The molecule has 0 aromatic heterocycles. The number of ether oxygens (including phenoxy) is 1. The van der Waals surface area contributed by atoms with Gasteiger partial charge >= 0.3 is 12.3 Å². The Hall–Kier alpha value is -4.85. The average molecular weight is 678 g/mol. The third kappa shape index (κ3) is 7.76. The van der Waals surface area contributed by atoms with Gasteiger partial charge in [0.15, 0.2) is 5.82 Å². The molecule has 0 bridgehead atoms. The Morgan fingerprint density at radius 2 is 1.87 bits per heavy atom. The van der Waals surface area contributed by atoms with Crippen LogP contribution in [0.2, 0.25) is 5.02 Å². The van der Waals surface area contributed by atoms with Gasteiger partial charge in [0.05, 0.1) is 35.1 Å². The molecule has 2 atom stereocenters. The summed E-state index contributed by atoms with van der Waals surface area (Å²) in [6.07, 6.45) is -0.348. The molecule has 0 radical (unpaired) electrons. The number of methoxy groups -OCH3 is 1. The smallest absolute Gasteiger partial charge is 0.418 e. The largest absolute Gasteiger partial charge is 0.453 e. The summed E-state index contributed by atoms with van der Waals surface area (Å²) >= 11 is 5.77. The minimum absolute atomic E-state index is 0.250. The minimum Gasteiger partial charge on any atom is -0.453 e. The molecule has 2 aliphatic heterocycles. The van der Waals surface area contributed by atoms with Crippen LogP contribution in [0.3, 0.4) is 0 Å². The van der Waals surface area contributed by atoms with Crippen molar-refractivity contribution in [2.24, 2.45) is 11.7 Å². The summed E-state index contributed by atoms with van der Waals surface area (Å²) in [4.78, 5) is 53.6. The minimum atomic E-state index is -5.03. The van der Waals surface area contributed by atoms with Crippen LogP contribution in [0.5, 0.6) is 0 Å². The first-order valence-corrected chi connectivity index (χ1v) is 14.8. The zero-order valence-electron chi connectivity index (χ0n) is 25.4. The van der Waals surface area contributed by atoms with E-state index in [0.29, 0.717) is 51.9 Å². The SMILES string of the molecule is C=C1/C=C(\C=C/N)c2ccc(NC(=O)OC)cc2NC(=O)[C@H](C)CCCC1N1CC(=O)N(c2c(C(F)(F)F)ccc(Cl)c2F)CC1=O. The number of nitrogens with two attached hydrogens (primary N) is 1. The summed E-state index contributed by atoms with van der Waals surface area (Å²) in [6, 6.07) is 5.20. The van der Waals surface area contributed by atoms with E-state index in [2.05, 4.69) is 21.9 Å². The van der Waals surface area contributed by atoms with Gasteiger partial charge in [-0.3, -0.25) is 24.6 Å². The first-order valence-electron chi connectivity index (χ1n) is 14.4. The molecular weight excluding hydrogens is 646 g/mol. The molecule has 1 fully saturated rings. The number of benzene rings is 2. The molecule has 2 aromatic carbocycles. The summed E-state index contributed by atoms with van der Waals surface area (Å²) in [5.74, 6) is -4.00. The number of allylic oxidation sites excluding steroid dienone is 2. The molecule has 2 aliphatic rings. The number of halogens is 5. The Morgan fingerprint density at radius 3 is 2.53 bits per heavy atom. The summed E-state index contributed by atoms with van der Waals surface area (Å²) in [5.41, 5.74) is 5.13. The van der Waals surface area contributed by atoms with Crippen molar-refractivity contribution in [3.8, 4) is 0 Å². The maximum atomic E-state index is 15.0. The monoisotopic (exact) mass is 677 g/mol. The number of carbonyl (C=O) groups excluding carboxylic acids is 4. The topological polar surface area (TPSA) is 134 Å². The number of amides is 4. The van der Waals surface area contributed by atoms with E-state index in [0.717, 1.165) is 6.07 Å². The molecule has 4 N–H and O–H groups in total. The fraction of sp³-hybridized carbons (Fsp3) is 0.312. The summed E-state index contributed by atoms with van der Waals surface area (Å²) in [6.45, 7) is 4.32. The fourth-order valence-electron chi connectivity index (χ4n) is 5.46. The Balaban J connectivity index is 1.74. The van der Waals surface area contributed by atoms with Gasteiger partial charge in [-0.1, -0.05) is 37.6 Å². The van der Waals surface area contributed by atoms with Gasteiger partial charge in [0.25, 0.3) is 0 Å². The van der Waals surface area contributed by atoms with Gasteiger partial charge in [0.1, 0.15) is 13.1 Å². The highest BCUT2D eigenvalue weighted by atomic mass is 35.5. The van der Waals surface area contributed by atoms with Crippen LogP contribution in [0.25, 0.3) is 5.57 Å². The Labute approximate surface area is 272 Å².